The third kappa shape index (κ3) is 5.26. The van der Waals surface area contributed by atoms with Crippen LogP contribution in [0.3, 0.4) is 0 Å². The molecule has 0 aliphatic heterocycles. The first-order valence-electron chi connectivity index (χ1n) is 15.2. The van der Waals surface area contributed by atoms with E-state index < -0.39 is 0 Å². The van der Waals surface area contributed by atoms with Crippen LogP contribution < -0.4 is 0 Å². The van der Waals surface area contributed by atoms with Crippen LogP contribution in [0.2, 0.25) is 0 Å². The predicted octanol–water partition coefficient (Wildman–Crippen LogP) is 10.8. The van der Waals surface area contributed by atoms with Gasteiger partial charge < -0.3 is 0 Å². The van der Waals surface area contributed by atoms with Crippen molar-refractivity contribution < 1.29 is 0 Å². The van der Waals surface area contributed by atoms with Gasteiger partial charge in [0.1, 0.15) is 5.82 Å². The number of fused-ring (bicyclic) bond motifs is 2. The Morgan fingerprint density at radius 1 is 0.333 bits per heavy atom. The van der Waals surface area contributed by atoms with Gasteiger partial charge in [0.2, 0.25) is 0 Å². The molecule has 0 aliphatic rings. The van der Waals surface area contributed by atoms with E-state index >= 15 is 0 Å². The minimum atomic E-state index is 0.669. The van der Waals surface area contributed by atoms with Crippen LogP contribution in [-0.2, 0) is 0 Å². The van der Waals surface area contributed by atoms with Gasteiger partial charge in [-0.2, -0.15) is 0 Å². The number of hydrogen-bond acceptors (Lipinski definition) is 3. The van der Waals surface area contributed by atoms with Crippen molar-refractivity contribution in [3.63, 3.8) is 0 Å². The summed E-state index contributed by atoms with van der Waals surface area (Å²) in [7, 11) is 0. The lowest BCUT2D eigenvalue weighted by Crippen LogP contribution is -1.99. The fraction of sp³-hybridized carbons (Fsp3) is 0.0238. The van der Waals surface area contributed by atoms with Crippen LogP contribution in [0, 0.1) is 6.92 Å². The lowest BCUT2D eigenvalue weighted by molar-refractivity contribution is 0.992. The summed E-state index contributed by atoms with van der Waals surface area (Å²) in [5, 5.41) is 4.76. The average Bonchev–Trinajstić information content (AvgIpc) is 3.11. The molecule has 0 atom stereocenters. The molecule has 0 radical (unpaired) electrons. The Morgan fingerprint density at radius 3 is 1.60 bits per heavy atom. The third-order valence-corrected chi connectivity index (χ3v) is 8.35. The molecule has 0 fully saturated rings. The van der Waals surface area contributed by atoms with Crippen molar-refractivity contribution in [3.05, 3.63) is 164 Å². The minimum Gasteiger partial charge on any atom is -0.213 e. The first-order chi connectivity index (χ1) is 22.2. The van der Waals surface area contributed by atoms with Crippen LogP contribution in [0.1, 0.15) is 5.82 Å². The standard InChI is InChI=1S/C42H29N3/c1-28-43-41(45-42(44-28)37-22-21-32-23-31(19-20-33(32)24-37)29-11-4-2-5-12-29)36-17-10-16-35(25-36)40-27-38(30-13-6-3-7-14-30)26-34-15-8-9-18-39(34)40/h2-27H,1H3. The van der Waals surface area contributed by atoms with Gasteiger partial charge in [0, 0.05) is 11.1 Å². The van der Waals surface area contributed by atoms with E-state index in [4.69, 9.17) is 15.0 Å². The van der Waals surface area contributed by atoms with Gasteiger partial charge in [-0.05, 0) is 92.2 Å². The summed E-state index contributed by atoms with van der Waals surface area (Å²) in [4.78, 5) is 14.5. The van der Waals surface area contributed by atoms with Gasteiger partial charge in [0.25, 0.3) is 0 Å². The second-order valence-electron chi connectivity index (χ2n) is 11.4. The fourth-order valence-corrected chi connectivity index (χ4v) is 6.11. The van der Waals surface area contributed by atoms with Crippen LogP contribution in [0.4, 0.5) is 0 Å². The molecule has 0 saturated heterocycles. The van der Waals surface area contributed by atoms with E-state index in [1.807, 2.05) is 13.0 Å². The van der Waals surface area contributed by atoms with Crippen LogP contribution >= 0.6 is 0 Å². The highest BCUT2D eigenvalue weighted by molar-refractivity contribution is 6.00. The Labute approximate surface area is 262 Å². The smallest absolute Gasteiger partial charge is 0.163 e. The molecule has 7 aromatic carbocycles. The van der Waals surface area contributed by atoms with Crippen LogP contribution in [0.5, 0.6) is 0 Å². The van der Waals surface area contributed by atoms with Crippen molar-refractivity contribution in [2.45, 2.75) is 6.92 Å². The molecule has 1 aromatic heterocycles. The molecular weight excluding hydrogens is 546 g/mol. The summed E-state index contributed by atoms with van der Waals surface area (Å²) in [5.74, 6) is 2.03. The quantitative estimate of drug-likeness (QED) is 0.205. The minimum absolute atomic E-state index is 0.669. The molecule has 45 heavy (non-hydrogen) atoms. The summed E-state index contributed by atoms with van der Waals surface area (Å²) < 4.78 is 0. The second kappa shape index (κ2) is 11.3. The van der Waals surface area contributed by atoms with Gasteiger partial charge in [-0.1, -0.05) is 127 Å². The summed E-state index contributed by atoms with van der Waals surface area (Å²) in [6.45, 7) is 1.93. The number of nitrogens with zero attached hydrogens (tertiary/aromatic N) is 3. The molecule has 0 saturated carbocycles. The number of rotatable bonds is 5. The van der Waals surface area contributed by atoms with Gasteiger partial charge >= 0.3 is 0 Å². The highest BCUT2D eigenvalue weighted by Crippen LogP contribution is 2.36. The van der Waals surface area contributed by atoms with E-state index in [0.29, 0.717) is 17.5 Å². The number of benzene rings is 7. The van der Waals surface area contributed by atoms with Crippen LogP contribution in [0.25, 0.3) is 77.7 Å². The topological polar surface area (TPSA) is 38.7 Å². The third-order valence-electron chi connectivity index (χ3n) is 8.35. The van der Waals surface area contributed by atoms with E-state index in [-0.39, 0.29) is 0 Å². The summed E-state index contributed by atoms with van der Waals surface area (Å²) in [5.41, 5.74) is 9.05. The van der Waals surface area contributed by atoms with Gasteiger partial charge in [0.05, 0.1) is 0 Å². The van der Waals surface area contributed by atoms with Crippen molar-refractivity contribution in [1.29, 1.82) is 0 Å². The molecule has 0 N–H and O–H groups in total. The van der Waals surface area contributed by atoms with Gasteiger partial charge in [-0.3, -0.25) is 0 Å². The number of aryl methyl sites for hydroxylation is 1. The largest absolute Gasteiger partial charge is 0.213 e. The van der Waals surface area contributed by atoms with Crippen molar-refractivity contribution >= 4 is 21.5 Å². The molecule has 3 heteroatoms. The molecule has 3 nitrogen and oxygen atoms in total. The Kier molecular flexibility index (Phi) is 6.69. The predicted molar refractivity (Wildman–Crippen MR) is 187 cm³/mol. The van der Waals surface area contributed by atoms with Crippen molar-refractivity contribution in [2.75, 3.05) is 0 Å². The Morgan fingerprint density at radius 2 is 0.867 bits per heavy atom. The first-order valence-corrected chi connectivity index (χ1v) is 15.2. The molecule has 0 unspecified atom stereocenters. The summed E-state index contributed by atoms with van der Waals surface area (Å²) in [6.07, 6.45) is 0. The van der Waals surface area contributed by atoms with Gasteiger partial charge in [-0.25, -0.2) is 15.0 Å². The molecule has 0 aliphatic carbocycles. The Balaban J connectivity index is 1.19. The fourth-order valence-electron chi connectivity index (χ4n) is 6.11. The van der Waals surface area contributed by atoms with Gasteiger partial charge in [-0.15, -0.1) is 0 Å². The summed E-state index contributed by atoms with van der Waals surface area (Å²) in [6, 6.07) is 55.7. The number of aromatic nitrogens is 3. The highest BCUT2D eigenvalue weighted by Gasteiger charge is 2.13. The van der Waals surface area contributed by atoms with Gasteiger partial charge in [0.15, 0.2) is 11.6 Å². The zero-order chi connectivity index (χ0) is 30.2. The zero-order valence-electron chi connectivity index (χ0n) is 24.9. The van der Waals surface area contributed by atoms with Crippen LogP contribution in [0.15, 0.2) is 158 Å². The van der Waals surface area contributed by atoms with E-state index in [1.165, 1.54) is 44.0 Å². The lowest BCUT2D eigenvalue weighted by Gasteiger charge is -2.13. The van der Waals surface area contributed by atoms with Crippen molar-refractivity contribution in [3.8, 4) is 56.2 Å². The molecule has 0 amide bonds. The Bertz CT molecular complexity index is 2330. The second-order valence-corrected chi connectivity index (χ2v) is 11.4. The molecule has 8 aromatic rings. The average molecular weight is 576 g/mol. The summed E-state index contributed by atoms with van der Waals surface area (Å²) >= 11 is 0. The molecular formula is C42H29N3. The molecule has 0 bridgehead atoms. The van der Waals surface area contributed by atoms with E-state index in [1.54, 1.807) is 0 Å². The number of hydrogen-bond donors (Lipinski definition) is 0. The maximum atomic E-state index is 4.99. The van der Waals surface area contributed by atoms with Crippen molar-refractivity contribution in [1.82, 2.24) is 15.0 Å². The normalized spacial score (nSPS) is 11.2. The Hall–Kier alpha value is -5.93. The molecule has 0 spiro atoms. The molecule has 212 valence electrons. The van der Waals surface area contributed by atoms with E-state index in [2.05, 4.69) is 152 Å². The molecule has 1 heterocycles. The first kappa shape index (κ1) is 26.7. The maximum absolute atomic E-state index is 4.99. The lowest BCUT2D eigenvalue weighted by atomic mass is 9.92. The highest BCUT2D eigenvalue weighted by atomic mass is 15.0. The zero-order valence-corrected chi connectivity index (χ0v) is 24.9. The van der Waals surface area contributed by atoms with E-state index in [0.717, 1.165) is 22.1 Å². The molecule has 8 rings (SSSR count). The van der Waals surface area contributed by atoms with E-state index in [9.17, 15) is 0 Å². The maximum Gasteiger partial charge on any atom is 0.163 e. The van der Waals surface area contributed by atoms with Crippen LogP contribution in [-0.4, -0.2) is 15.0 Å². The monoisotopic (exact) mass is 575 g/mol. The SMILES string of the molecule is Cc1nc(-c2cccc(-c3cc(-c4ccccc4)cc4ccccc34)c2)nc(-c2ccc3cc(-c4ccccc4)ccc3c2)n1. The van der Waals surface area contributed by atoms with Crippen molar-refractivity contribution in [2.24, 2.45) is 0 Å².